The molecule has 1 N–H and O–H groups in total. The van der Waals surface area contributed by atoms with Crippen molar-refractivity contribution in [1.29, 1.82) is 0 Å². The third-order valence-corrected chi connectivity index (χ3v) is 4.94. The fourth-order valence-electron chi connectivity index (χ4n) is 2.49. The van der Waals surface area contributed by atoms with Crippen LogP contribution in [-0.4, -0.2) is 42.7 Å². The Kier molecular flexibility index (Phi) is 7.10. The van der Waals surface area contributed by atoms with Crippen LogP contribution in [0.4, 0.5) is 0 Å². The minimum atomic E-state index is 0.312. The molecule has 0 spiro atoms. The zero-order chi connectivity index (χ0) is 14.9. The quantitative estimate of drug-likeness (QED) is 0.786. The topological polar surface area (TPSA) is 32.3 Å². The van der Waals surface area contributed by atoms with Crippen molar-refractivity contribution < 1.29 is 4.79 Å². The number of rotatable bonds is 7. The molecule has 21 heavy (non-hydrogen) atoms. The summed E-state index contributed by atoms with van der Waals surface area (Å²) in [5.41, 5.74) is 1.34. The molecule has 0 aliphatic carbocycles. The van der Waals surface area contributed by atoms with E-state index >= 15 is 0 Å². The maximum atomic E-state index is 12.1. The third kappa shape index (κ3) is 5.71. The highest BCUT2D eigenvalue weighted by Gasteiger charge is 2.15. The fraction of sp³-hybridized carbons (Fsp3) is 0.588. The van der Waals surface area contributed by atoms with Crippen molar-refractivity contribution in [3.63, 3.8) is 0 Å². The van der Waals surface area contributed by atoms with Crippen molar-refractivity contribution >= 4 is 17.7 Å². The van der Waals surface area contributed by atoms with E-state index in [-0.39, 0.29) is 0 Å². The number of hydrogen-bond acceptors (Lipinski definition) is 3. The molecule has 0 atom stereocenters. The molecule has 0 radical (unpaired) electrons. The largest absolute Gasteiger partial charge is 0.340 e. The first-order valence-electron chi connectivity index (χ1n) is 8.00. The van der Waals surface area contributed by atoms with Crippen LogP contribution in [-0.2, 0) is 11.2 Å². The molecule has 4 heteroatoms. The predicted octanol–water partition coefficient (Wildman–Crippen LogP) is 2.94. The Labute approximate surface area is 132 Å². The van der Waals surface area contributed by atoms with E-state index < -0.39 is 0 Å². The van der Waals surface area contributed by atoms with Gasteiger partial charge in [0.25, 0.3) is 0 Å². The van der Waals surface area contributed by atoms with Crippen LogP contribution >= 0.6 is 11.8 Å². The van der Waals surface area contributed by atoms with Crippen molar-refractivity contribution in [1.82, 2.24) is 10.2 Å². The first kappa shape index (κ1) is 16.4. The number of aryl methyl sites for hydroxylation is 1. The fourth-order valence-corrected chi connectivity index (χ4v) is 3.26. The molecule has 116 valence electrons. The molecule has 0 unspecified atom stereocenters. The van der Waals surface area contributed by atoms with Gasteiger partial charge in [-0.2, -0.15) is 0 Å². The van der Waals surface area contributed by atoms with Crippen LogP contribution in [0.3, 0.4) is 0 Å². The van der Waals surface area contributed by atoms with Crippen LogP contribution in [0.1, 0.15) is 31.7 Å². The van der Waals surface area contributed by atoms with E-state index in [1.165, 1.54) is 22.6 Å². The summed E-state index contributed by atoms with van der Waals surface area (Å²) in [6.07, 6.45) is 3.83. The Morgan fingerprint density at radius 2 is 1.95 bits per heavy atom. The lowest BCUT2D eigenvalue weighted by molar-refractivity contribution is -0.131. The van der Waals surface area contributed by atoms with E-state index in [0.29, 0.717) is 12.3 Å². The van der Waals surface area contributed by atoms with Crippen molar-refractivity contribution in [2.75, 3.05) is 31.9 Å². The number of benzene rings is 1. The molecular weight excluding hydrogens is 280 g/mol. The second kappa shape index (κ2) is 9.11. The Morgan fingerprint density at radius 3 is 2.62 bits per heavy atom. The van der Waals surface area contributed by atoms with Gasteiger partial charge in [-0.25, -0.2) is 0 Å². The number of thioether (sulfide) groups is 1. The summed E-state index contributed by atoms with van der Waals surface area (Å²) in [6, 6.07) is 8.81. The third-order valence-electron chi connectivity index (χ3n) is 3.72. The lowest BCUT2D eigenvalue weighted by Crippen LogP contribution is -2.46. The summed E-state index contributed by atoms with van der Waals surface area (Å²) in [5, 5.41) is 3.28. The van der Waals surface area contributed by atoms with Gasteiger partial charge in [-0.15, -0.1) is 11.8 Å². The predicted molar refractivity (Wildman–Crippen MR) is 89.8 cm³/mol. The van der Waals surface area contributed by atoms with Gasteiger partial charge in [-0.05, 0) is 42.7 Å². The Hall–Kier alpha value is -1.00. The van der Waals surface area contributed by atoms with E-state index in [1.54, 1.807) is 0 Å². The van der Waals surface area contributed by atoms with Gasteiger partial charge in [0.2, 0.25) is 5.91 Å². The molecule has 1 aliphatic rings. The zero-order valence-electron chi connectivity index (χ0n) is 12.9. The van der Waals surface area contributed by atoms with Crippen molar-refractivity contribution in [3.05, 3.63) is 29.8 Å². The van der Waals surface area contributed by atoms with Gasteiger partial charge in [0.05, 0.1) is 0 Å². The molecule has 1 aromatic carbocycles. The second-order valence-corrected chi connectivity index (χ2v) is 6.65. The summed E-state index contributed by atoms with van der Waals surface area (Å²) < 4.78 is 0. The summed E-state index contributed by atoms with van der Waals surface area (Å²) in [6.45, 7) is 5.80. The first-order valence-corrected chi connectivity index (χ1v) is 8.98. The highest BCUT2D eigenvalue weighted by Crippen LogP contribution is 2.19. The van der Waals surface area contributed by atoms with Crippen LogP contribution in [0.2, 0.25) is 0 Å². The molecule has 1 amide bonds. The van der Waals surface area contributed by atoms with Crippen LogP contribution < -0.4 is 5.32 Å². The van der Waals surface area contributed by atoms with Gasteiger partial charge in [0.15, 0.2) is 0 Å². The van der Waals surface area contributed by atoms with Crippen LogP contribution in [0.5, 0.6) is 0 Å². The number of nitrogens with zero attached hydrogens (tertiary/aromatic N) is 1. The Morgan fingerprint density at radius 1 is 1.24 bits per heavy atom. The number of nitrogens with one attached hydrogen (secondary N) is 1. The molecule has 0 bridgehead atoms. The summed E-state index contributed by atoms with van der Waals surface area (Å²) in [7, 11) is 0. The minimum absolute atomic E-state index is 0.312. The molecule has 1 saturated heterocycles. The monoisotopic (exact) mass is 306 g/mol. The van der Waals surface area contributed by atoms with Gasteiger partial charge < -0.3 is 10.2 Å². The van der Waals surface area contributed by atoms with Crippen LogP contribution in [0, 0.1) is 0 Å². The Bertz CT molecular complexity index is 427. The molecule has 1 fully saturated rings. The van der Waals surface area contributed by atoms with Gasteiger partial charge in [-0.1, -0.05) is 19.1 Å². The molecule has 1 heterocycles. The lowest BCUT2D eigenvalue weighted by atomic mass is 10.1. The van der Waals surface area contributed by atoms with Gasteiger partial charge in [-0.3, -0.25) is 4.79 Å². The van der Waals surface area contributed by atoms with Crippen molar-refractivity contribution in [3.8, 4) is 0 Å². The van der Waals surface area contributed by atoms with E-state index in [4.69, 9.17) is 0 Å². The maximum absolute atomic E-state index is 12.1. The minimum Gasteiger partial charge on any atom is -0.340 e. The number of carbonyl (C=O) groups is 1. The SMILES string of the molecule is CCCSc1ccc(CCCC(=O)N2CCNCC2)cc1. The molecule has 3 nitrogen and oxygen atoms in total. The number of hydrogen-bond donors (Lipinski definition) is 1. The molecule has 1 aromatic rings. The molecule has 2 rings (SSSR count). The number of carbonyl (C=O) groups excluding carboxylic acids is 1. The second-order valence-electron chi connectivity index (χ2n) is 5.48. The van der Waals surface area contributed by atoms with E-state index in [2.05, 4.69) is 36.5 Å². The first-order chi connectivity index (χ1) is 10.3. The standard InChI is InChI=1S/C17H26N2OS/c1-2-14-21-16-8-6-15(7-9-16)4-3-5-17(20)19-12-10-18-11-13-19/h6-9,18H,2-5,10-14H2,1H3. The highest BCUT2D eigenvalue weighted by molar-refractivity contribution is 7.99. The molecular formula is C17H26N2OS. The van der Waals surface area contributed by atoms with Crippen molar-refractivity contribution in [2.24, 2.45) is 0 Å². The molecule has 1 aliphatic heterocycles. The normalized spacial score (nSPS) is 15.2. The van der Waals surface area contributed by atoms with E-state index in [1.807, 2.05) is 16.7 Å². The number of piperazine rings is 1. The average Bonchev–Trinajstić information content (AvgIpc) is 2.55. The number of amides is 1. The van der Waals surface area contributed by atoms with E-state index in [0.717, 1.165) is 39.0 Å². The summed E-state index contributed by atoms with van der Waals surface area (Å²) in [5.74, 6) is 1.49. The van der Waals surface area contributed by atoms with Crippen LogP contribution in [0.15, 0.2) is 29.2 Å². The zero-order valence-corrected chi connectivity index (χ0v) is 13.8. The van der Waals surface area contributed by atoms with Crippen molar-refractivity contribution in [2.45, 2.75) is 37.5 Å². The molecule has 0 saturated carbocycles. The van der Waals surface area contributed by atoms with Gasteiger partial charge in [0.1, 0.15) is 0 Å². The average molecular weight is 306 g/mol. The van der Waals surface area contributed by atoms with E-state index in [9.17, 15) is 4.79 Å². The Balaban J connectivity index is 1.69. The smallest absolute Gasteiger partial charge is 0.222 e. The maximum Gasteiger partial charge on any atom is 0.222 e. The lowest BCUT2D eigenvalue weighted by Gasteiger charge is -2.27. The van der Waals surface area contributed by atoms with Crippen LogP contribution in [0.25, 0.3) is 0 Å². The molecule has 0 aromatic heterocycles. The summed E-state index contributed by atoms with van der Waals surface area (Å²) in [4.78, 5) is 15.4. The van der Waals surface area contributed by atoms with Gasteiger partial charge >= 0.3 is 0 Å². The highest BCUT2D eigenvalue weighted by atomic mass is 32.2. The summed E-state index contributed by atoms with van der Waals surface area (Å²) >= 11 is 1.91. The van der Waals surface area contributed by atoms with Gasteiger partial charge in [0, 0.05) is 37.5 Å².